The molecular formula is C14H23N3OS2. The van der Waals surface area contributed by atoms with Crippen molar-refractivity contribution in [1.82, 2.24) is 10.2 Å². The maximum absolute atomic E-state index is 5.75. The molecule has 2 aliphatic rings. The van der Waals surface area contributed by atoms with Gasteiger partial charge in [-0.15, -0.1) is 10.2 Å². The van der Waals surface area contributed by atoms with E-state index in [-0.39, 0.29) is 0 Å². The van der Waals surface area contributed by atoms with Crippen LogP contribution < -0.4 is 5.32 Å². The fourth-order valence-corrected chi connectivity index (χ4v) is 4.77. The van der Waals surface area contributed by atoms with Crippen molar-refractivity contribution < 1.29 is 4.74 Å². The van der Waals surface area contributed by atoms with E-state index in [9.17, 15) is 0 Å². The third-order valence-corrected chi connectivity index (χ3v) is 6.13. The first-order chi connectivity index (χ1) is 9.90. The molecule has 0 radical (unpaired) electrons. The molecule has 1 aromatic heterocycles. The van der Waals surface area contributed by atoms with Crippen molar-refractivity contribution in [3.8, 4) is 0 Å². The number of hydrogen-bond acceptors (Lipinski definition) is 6. The van der Waals surface area contributed by atoms with Gasteiger partial charge >= 0.3 is 0 Å². The lowest BCUT2D eigenvalue weighted by Gasteiger charge is -2.22. The molecular weight excluding hydrogens is 290 g/mol. The van der Waals surface area contributed by atoms with Gasteiger partial charge in [0.1, 0.15) is 0 Å². The maximum atomic E-state index is 5.75. The van der Waals surface area contributed by atoms with Gasteiger partial charge in [0.2, 0.25) is 5.13 Å². The lowest BCUT2D eigenvalue weighted by molar-refractivity contribution is 0.0315. The largest absolute Gasteiger partial charge is 0.377 e. The summed E-state index contributed by atoms with van der Waals surface area (Å²) in [7, 11) is 0. The second-order valence-electron chi connectivity index (χ2n) is 5.65. The molecule has 1 atom stereocenters. The number of ether oxygens (including phenoxy) is 1. The lowest BCUT2D eigenvalue weighted by Crippen LogP contribution is -2.21. The van der Waals surface area contributed by atoms with Crippen LogP contribution in [0.25, 0.3) is 0 Å². The third kappa shape index (κ3) is 4.33. The summed E-state index contributed by atoms with van der Waals surface area (Å²) in [5.74, 6) is 1.01. The van der Waals surface area contributed by atoms with Crippen molar-refractivity contribution >= 4 is 28.2 Å². The smallest absolute Gasteiger partial charge is 0.206 e. The number of anilines is 1. The minimum Gasteiger partial charge on any atom is -0.377 e. The summed E-state index contributed by atoms with van der Waals surface area (Å²) < 4.78 is 6.82. The van der Waals surface area contributed by atoms with E-state index >= 15 is 0 Å². The molecule has 1 N–H and O–H groups in total. The Bertz CT molecular complexity index is 401. The van der Waals surface area contributed by atoms with Crippen molar-refractivity contribution in [3.05, 3.63) is 0 Å². The van der Waals surface area contributed by atoms with E-state index in [1.165, 1.54) is 51.4 Å². The van der Waals surface area contributed by atoms with Gasteiger partial charge in [-0.05, 0) is 32.1 Å². The molecule has 0 spiro atoms. The molecule has 3 rings (SSSR count). The molecule has 112 valence electrons. The van der Waals surface area contributed by atoms with Crippen molar-refractivity contribution in [2.75, 3.05) is 17.7 Å². The SMILES string of the molecule is C1CCC(Nc2nnc(SC[C@H]3CCCCO3)s2)CC1. The highest BCUT2D eigenvalue weighted by Gasteiger charge is 2.17. The Kier molecular flexibility index (Phi) is 5.56. The highest BCUT2D eigenvalue weighted by molar-refractivity contribution is 8.01. The van der Waals surface area contributed by atoms with Crippen molar-refractivity contribution in [2.24, 2.45) is 0 Å². The predicted octanol–water partition coefficient (Wildman–Crippen LogP) is 3.94. The molecule has 1 saturated heterocycles. The average molecular weight is 313 g/mol. The molecule has 2 heterocycles. The Morgan fingerprint density at radius 3 is 2.75 bits per heavy atom. The summed E-state index contributed by atoms with van der Waals surface area (Å²) in [6, 6.07) is 0.608. The van der Waals surface area contributed by atoms with Gasteiger partial charge < -0.3 is 10.1 Å². The molecule has 1 aliphatic carbocycles. The van der Waals surface area contributed by atoms with Crippen LogP contribution in [0, 0.1) is 0 Å². The molecule has 0 bridgehead atoms. The topological polar surface area (TPSA) is 47.0 Å². The van der Waals surface area contributed by atoms with Gasteiger partial charge in [0, 0.05) is 18.4 Å². The fraction of sp³-hybridized carbons (Fsp3) is 0.857. The van der Waals surface area contributed by atoms with E-state index in [2.05, 4.69) is 15.5 Å². The Morgan fingerprint density at radius 2 is 1.95 bits per heavy atom. The maximum Gasteiger partial charge on any atom is 0.206 e. The lowest BCUT2D eigenvalue weighted by atomic mass is 9.96. The number of hydrogen-bond donors (Lipinski definition) is 1. The van der Waals surface area contributed by atoms with Crippen LogP contribution >= 0.6 is 23.1 Å². The number of nitrogens with one attached hydrogen (secondary N) is 1. The van der Waals surface area contributed by atoms with E-state index in [4.69, 9.17) is 4.74 Å². The van der Waals surface area contributed by atoms with Gasteiger partial charge in [0.25, 0.3) is 0 Å². The highest BCUT2D eigenvalue weighted by atomic mass is 32.2. The first-order valence-corrected chi connectivity index (χ1v) is 9.55. The van der Waals surface area contributed by atoms with Crippen LogP contribution in [0.2, 0.25) is 0 Å². The summed E-state index contributed by atoms with van der Waals surface area (Å²) in [5.41, 5.74) is 0. The molecule has 2 fully saturated rings. The minimum absolute atomic E-state index is 0.410. The van der Waals surface area contributed by atoms with E-state index in [0.29, 0.717) is 12.1 Å². The second-order valence-corrected chi connectivity index (χ2v) is 7.90. The molecule has 1 aromatic rings. The Hall–Kier alpha value is -0.330. The Morgan fingerprint density at radius 1 is 1.10 bits per heavy atom. The van der Waals surface area contributed by atoms with Gasteiger partial charge in [-0.3, -0.25) is 0 Å². The predicted molar refractivity (Wildman–Crippen MR) is 84.7 cm³/mol. The zero-order chi connectivity index (χ0) is 13.6. The number of rotatable bonds is 5. The van der Waals surface area contributed by atoms with Crippen LogP contribution in [0.5, 0.6) is 0 Å². The molecule has 6 heteroatoms. The van der Waals surface area contributed by atoms with Crippen LogP contribution in [0.15, 0.2) is 4.34 Å². The van der Waals surface area contributed by atoms with E-state index < -0.39 is 0 Å². The standard InChI is InChI=1S/C14H23N3OS2/c1-2-6-11(7-3-1)15-13-16-17-14(20-13)19-10-12-8-4-5-9-18-12/h11-12H,1-10H2,(H,15,16)/t12-/m1/s1. The quantitative estimate of drug-likeness (QED) is 0.834. The van der Waals surface area contributed by atoms with Gasteiger partial charge in [-0.1, -0.05) is 42.4 Å². The summed E-state index contributed by atoms with van der Waals surface area (Å²) in [4.78, 5) is 0. The number of thioether (sulfide) groups is 1. The van der Waals surface area contributed by atoms with Crippen LogP contribution in [-0.2, 0) is 4.74 Å². The van der Waals surface area contributed by atoms with Crippen molar-refractivity contribution in [1.29, 1.82) is 0 Å². The van der Waals surface area contributed by atoms with Gasteiger partial charge in [-0.2, -0.15) is 0 Å². The molecule has 0 aromatic carbocycles. The molecule has 1 saturated carbocycles. The third-order valence-electron chi connectivity index (χ3n) is 4.01. The van der Waals surface area contributed by atoms with Gasteiger partial charge in [0.15, 0.2) is 4.34 Å². The first kappa shape index (κ1) is 14.6. The minimum atomic E-state index is 0.410. The molecule has 0 unspecified atom stereocenters. The second kappa shape index (κ2) is 7.61. The molecule has 1 aliphatic heterocycles. The Labute approximate surface area is 129 Å². The van der Waals surface area contributed by atoms with Crippen LogP contribution in [-0.4, -0.2) is 34.7 Å². The van der Waals surface area contributed by atoms with Gasteiger partial charge in [-0.25, -0.2) is 0 Å². The summed E-state index contributed by atoms with van der Waals surface area (Å²) in [5, 5.41) is 13.1. The molecule has 20 heavy (non-hydrogen) atoms. The monoisotopic (exact) mass is 313 g/mol. The fourth-order valence-electron chi connectivity index (χ4n) is 2.85. The van der Waals surface area contributed by atoms with Crippen LogP contribution in [0.3, 0.4) is 0 Å². The summed E-state index contributed by atoms with van der Waals surface area (Å²) in [6.45, 7) is 0.926. The van der Waals surface area contributed by atoms with Gasteiger partial charge in [0.05, 0.1) is 6.10 Å². The van der Waals surface area contributed by atoms with Crippen LogP contribution in [0.4, 0.5) is 5.13 Å². The van der Waals surface area contributed by atoms with Crippen LogP contribution in [0.1, 0.15) is 51.4 Å². The van der Waals surface area contributed by atoms with Crippen molar-refractivity contribution in [3.63, 3.8) is 0 Å². The zero-order valence-corrected chi connectivity index (χ0v) is 13.5. The van der Waals surface area contributed by atoms with E-state index in [1.54, 1.807) is 23.1 Å². The number of nitrogens with zero attached hydrogens (tertiary/aromatic N) is 2. The summed E-state index contributed by atoms with van der Waals surface area (Å²) in [6.07, 6.45) is 10.7. The highest BCUT2D eigenvalue weighted by Crippen LogP contribution is 2.30. The summed E-state index contributed by atoms with van der Waals surface area (Å²) >= 11 is 3.48. The van der Waals surface area contributed by atoms with E-state index in [1.807, 2.05) is 0 Å². The van der Waals surface area contributed by atoms with E-state index in [0.717, 1.165) is 21.8 Å². The average Bonchev–Trinajstić information content (AvgIpc) is 2.95. The normalized spacial score (nSPS) is 24.7. The first-order valence-electron chi connectivity index (χ1n) is 7.74. The van der Waals surface area contributed by atoms with Crippen molar-refractivity contribution in [2.45, 2.75) is 67.9 Å². The molecule has 4 nitrogen and oxygen atoms in total. The Balaban J connectivity index is 1.43. The zero-order valence-electron chi connectivity index (χ0n) is 11.8. The molecule has 0 amide bonds. The number of aromatic nitrogens is 2.